The molecular formula is C54H33NOS2. The van der Waals surface area contributed by atoms with Gasteiger partial charge in [0.25, 0.3) is 0 Å². The Hall–Kier alpha value is -6.98. The van der Waals surface area contributed by atoms with Gasteiger partial charge in [-0.2, -0.15) is 0 Å². The monoisotopic (exact) mass is 775 g/mol. The van der Waals surface area contributed by atoms with Crippen LogP contribution in [0.5, 0.6) is 0 Å². The van der Waals surface area contributed by atoms with E-state index < -0.39 is 0 Å². The van der Waals surface area contributed by atoms with Crippen molar-refractivity contribution in [3.05, 3.63) is 200 Å². The first-order valence-electron chi connectivity index (χ1n) is 19.6. The predicted octanol–water partition coefficient (Wildman–Crippen LogP) is 16.8. The highest BCUT2D eigenvalue weighted by Gasteiger charge is 2.25. The van der Waals surface area contributed by atoms with Crippen LogP contribution in [0.15, 0.2) is 205 Å². The van der Waals surface area contributed by atoms with E-state index in [0.717, 1.165) is 39.0 Å². The van der Waals surface area contributed by atoms with E-state index in [0.29, 0.717) is 0 Å². The fraction of sp³-hybridized carbons (Fsp3) is 0. The van der Waals surface area contributed by atoms with Crippen LogP contribution in [0.1, 0.15) is 0 Å². The molecule has 0 aliphatic heterocycles. The predicted molar refractivity (Wildman–Crippen MR) is 250 cm³/mol. The van der Waals surface area contributed by atoms with Crippen molar-refractivity contribution in [1.82, 2.24) is 0 Å². The molecule has 0 amide bonds. The van der Waals surface area contributed by atoms with E-state index in [2.05, 4.69) is 199 Å². The second-order valence-electron chi connectivity index (χ2n) is 14.8. The van der Waals surface area contributed by atoms with Crippen molar-refractivity contribution in [2.24, 2.45) is 0 Å². The number of thiophene rings is 2. The van der Waals surface area contributed by atoms with Gasteiger partial charge in [0.05, 0.1) is 16.8 Å². The summed E-state index contributed by atoms with van der Waals surface area (Å²) >= 11 is 3.74. The normalized spacial score (nSPS) is 11.8. The number of rotatable bonds is 6. The minimum absolute atomic E-state index is 0.874. The van der Waals surface area contributed by atoms with Gasteiger partial charge in [-0.3, -0.25) is 0 Å². The maximum Gasteiger partial charge on any atom is 0.137 e. The lowest BCUT2D eigenvalue weighted by Crippen LogP contribution is -2.11. The van der Waals surface area contributed by atoms with E-state index in [1.54, 1.807) is 0 Å². The first-order valence-corrected chi connectivity index (χ1v) is 21.2. The Balaban J connectivity index is 1.15. The summed E-state index contributed by atoms with van der Waals surface area (Å²) in [6.07, 6.45) is 0. The van der Waals surface area contributed by atoms with Crippen LogP contribution in [0, 0.1) is 0 Å². The van der Waals surface area contributed by atoms with Crippen LogP contribution in [0.3, 0.4) is 0 Å². The third kappa shape index (κ3) is 5.30. The van der Waals surface area contributed by atoms with Gasteiger partial charge in [-0.25, -0.2) is 0 Å². The van der Waals surface area contributed by atoms with Gasteiger partial charge in [0.15, 0.2) is 0 Å². The van der Waals surface area contributed by atoms with Crippen molar-refractivity contribution >= 4 is 102 Å². The highest BCUT2D eigenvalue weighted by molar-refractivity contribution is 7.26. The third-order valence-corrected chi connectivity index (χ3v) is 13.8. The largest absolute Gasteiger partial charge is 0.456 e. The van der Waals surface area contributed by atoms with Crippen LogP contribution < -0.4 is 4.90 Å². The molecule has 0 saturated carbocycles. The molecule has 272 valence electrons. The fourth-order valence-electron chi connectivity index (χ4n) is 8.77. The standard InChI is InChI=1S/C54H33NOS2/c1-4-13-34(14-5-1)37-23-26-41-44-33-39(25-30-49(44)57-50(41)31-37)55(45-20-12-22-48-52(45)42-19-10-11-21-47(42)56-48)46-29-28-40(36-17-8-3-9-18-36)54-53(46)43-27-24-38(32-51(43)58-54)35-15-6-2-7-16-35/h1-33H. The molecule has 0 unspecified atom stereocenters. The van der Waals surface area contributed by atoms with Crippen molar-refractivity contribution < 1.29 is 4.42 Å². The fourth-order valence-corrected chi connectivity index (χ4v) is 11.2. The highest BCUT2D eigenvalue weighted by atomic mass is 32.1. The summed E-state index contributed by atoms with van der Waals surface area (Å²) in [6.45, 7) is 0. The minimum atomic E-state index is 0.874. The van der Waals surface area contributed by atoms with Gasteiger partial charge < -0.3 is 9.32 Å². The van der Waals surface area contributed by atoms with Gasteiger partial charge in [-0.1, -0.05) is 146 Å². The van der Waals surface area contributed by atoms with Crippen molar-refractivity contribution in [3.8, 4) is 33.4 Å². The zero-order valence-electron chi connectivity index (χ0n) is 31.2. The molecule has 0 atom stereocenters. The lowest BCUT2D eigenvalue weighted by molar-refractivity contribution is 0.669. The van der Waals surface area contributed by atoms with Crippen LogP contribution in [0.4, 0.5) is 17.1 Å². The second kappa shape index (κ2) is 13.3. The van der Waals surface area contributed by atoms with Crippen molar-refractivity contribution in [2.45, 2.75) is 0 Å². The molecule has 58 heavy (non-hydrogen) atoms. The van der Waals surface area contributed by atoms with E-state index >= 15 is 0 Å². The first-order chi connectivity index (χ1) is 28.7. The Bertz CT molecular complexity index is 3510. The molecule has 3 aromatic heterocycles. The summed E-state index contributed by atoms with van der Waals surface area (Å²) in [5.74, 6) is 0. The smallest absolute Gasteiger partial charge is 0.137 e. The average Bonchev–Trinajstić information content (AvgIpc) is 3.98. The van der Waals surface area contributed by atoms with E-state index in [-0.39, 0.29) is 0 Å². The number of hydrogen-bond donors (Lipinski definition) is 0. The Kier molecular flexibility index (Phi) is 7.62. The van der Waals surface area contributed by atoms with Gasteiger partial charge in [-0.15, -0.1) is 22.7 Å². The van der Waals surface area contributed by atoms with E-state index in [4.69, 9.17) is 4.42 Å². The molecule has 9 aromatic carbocycles. The average molecular weight is 776 g/mol. The van der Waals surface area contributed by atoms with Gasteiger partial charge in [-0.05, 0) is 88.0 Å². The molecule has 0 N–H and O–H groups in total. The molecule has 2 nitrogen and oxygen atoms in total. The van der Waals surface area contributed by atoms with E-state index in [1.807, 2.05) is 28.7 Å². The number of benzene rings is 9. The molecule has 0 saturated heterocycles. The van der Waals surface area contributed by atoms with Crippen molar-refractivity contribution in [1.29, 1.82) is 0 Å². The zero-order valence-corrected chi connectivity index (χ0v) is 32.9. The van der Waals surface area contributed by atoms with Crippen LogP contribution in [0.25, 0.3) is 95.7 Å². The maximum absolute atomic E-state index is 6.53. The highest BCUT2D eigenvalue weighted by Crippen LogP contribution is 2.51. The van der Waals surface area contributed by atoms with Crippen molar-refractivity contribution in [3.63, 3.8) is 0 Å². The van der Waals surface area contributed by atoms with Gasteiger partial charge >= 0.3 is 0 Å². The van der Waals surface area contributed by atoms with Crippen molar-refractivity contribution in [2.75, 3.05) is 4.90 Å². The summed E-state index contributed by atoms with van der Waals surface area (Å²) in [5.41, 5.74) is 12.4. The summed E-state index contributed by atoms with van der Waals surface area (Å²) in [4.78, 5) is 2.49. The molecule has 0 bridgehead atoms. The molecule has 0 spiro atoms. The Labute approximate surface area is 343 Å². The second-order valence-corrected chi connectivity index (χ2v) is 17.0. The SMILES string of the molecule is c1ccc(-c2ccc3c(c2)sc2ccc(N(c4cccc5oc6ccccc6c45)c4ccc(-c5ccccc5)c5sc6cc(-c7ccccc7)ccc6c45)cc23)cc1. The molecular weight excluding hydrogens is 743 g/mol. The van der Waals surface area contributed by atoms with Gasteiger partial charge in [0, 0.05) is 51.4 Å². The molecule has 4 heteroatoms. The van der Waals surface area contributed by atoms with Crippen LogP contribution in [-0.2, 0) is 0 Å². The Morgan fingerprint density at radius 3 is 1.71 bits per heavy atom. The quantitative estimate of drug-likeness (QED) is 0.167. The number of fused-ring (bicyclic) bond motifs is 9. The third-order valence-electron chi connectivity index (χ3n) is 11.5. The molecule has 3 heterocycles. The van der Waals surface area contributed by atoms with E-state index in [1.165, 1.54) is 73.7 Å². The minimum Gasteiger partial charge on any atom is -0.456 e. The maximum atomic E-state index is 6.53. The molecule has 0 aliphatic carbocycles. The Morgan fingerprint density at radius 2 is 0.966 bits per heavy atom. The number of para-hydroxylation sites is 1. The summed E-state index contributed by atoms with van der Waals surface area (Å²) in [6, 6.07) is 72.6. The molecule has 12 rings (SSSR count). The van der Waals surface area contributed by atoms with Crippen LogP contribution in [0.2, 0.25) is 0 Å². The zero-order chi connectivity index (χ0) is 38.2. The summed E-state index contributed by atoms with van der Waals surface area (Å²) in [5, 5.41) is 7.23. The molecule has 0 radical (unpaired) electrons. The lowest BCUT2D eigenvalue weighted by Gasteiger charge is -2.28. The number of hydrogen-bond acceptors (Lipinski definition) is 4. The molecule has 0 aliphatic rings. The van der Waals surface area contributed by atoms with E-state index in [9.17, 15) is 0 Å². The summed E-state index contributed by atoms with van der Waals surface area (Å²) < 4.78 is 11.6. The summed E-state index contributed by atoms with van der Waals surface area (Å²) in [7, 11) is 0. The van der Waals surface area contributed by atoms with Crippen LogP contribution >= 0.6 is 22.7 Å². The van der Waals surface area contributed by atoms with Gasteiger partial charge in [0.2, 0.25) is 0 Å². The number of nitrogens with zero attached hydrogens (tertiary/aromatic N) is 1. The lowest BCUT2D eigenvalue weighted by atomic mass is 9.98. The Morgan fingerprint density at radius 1 is 0.345 bits per heavy atom. The molecule has 12 aromatic rings. The van der Waals surface area contributed by atoms with Gasteiger partial charge in [0.1, 0.15) is 11.2 Å². The topological polar surface area (TPSA) is 16.4 Å². The molecule has 0 fully saturated rings. The first kappa shape index (κ1) is 33.2. The number of furan rings is 1. The number of anilines is 3. The van der Waals surface area contributed by atoms with Crippen LogP contribution in [-0.4, -0.2) is 0 Å².